The molecule has 28 heavy (non-hydrogen) atoms. The van der Waals surface area contributed by atoms with E-state index in [1.54, 1.807) is 22.5 Å². The maximum absolute atomic E-state index is 13.1. The van der Waals surface area contributed by atoms with Crippen LogP contribution in [0.4, 0.5) is 5.69 Å². The minimum absolute atomic E-state index is 0.261. The first-order valence-corrected chi connectivity index (χ1v) is 11.1. The second kappa shape index (κ2) is 7.64. The van der Waals surface area contributed by atoms with Crippen molar-refractivity contribution in [3.63, 3.8) is 0 Å². The maximum Gasteiger partial charge on any atom is 0.243 e. The normalized spacial score (nSPS) is 18.0. The van der Waals surface area contributed by atoms with Crippen LogP contribution in [0, 0.1) is 13.8 Å². The summed E-state index contributed by atoms with van der Waals surface area (Å²) in [4.78, 5) is 2.53. The molecule has 2 aliphatic heterocycles. The number of benzene rings is 2. The van der Waals surface area contributed by atoms with Crippen LogP contribution in [0.25, 0.3) is 0 Å². The largest absolute Gasteiger partial charge is 0.490 e. The van der Waals surface area contributed by atoms with E-state index in [-0.39, 0.29) is 4.90 Å². The lowest BCUT2D eigenvalue weighted by Gasteiger charge is -2.36. The summed E-state index contributed by atoms with van der Waals surface area (Å²) >= 11 is 0. The molecule has 2 aliphatic rings. The summed E-state index contributed by atoms with van der Waals surface area (Å²) < 4.78 is 39.1. The van der Waals surface area contributed by atoms with Crippen LogP contribution in [-0.2, 0) is 10.0 Å². The zero-order valence-electron chi connectivity index (χ0n) is 16.3. The van der Waals surface area contributed by atoms with E-state index in [2.05, 4.69) is 36.9 Å². The topological polar surface area (TPSA) is 59.1 Å². The van der Waals surface area contributed by atoms with E-state index in [9.17, 15) is 8.42 Å². The van der Waals surface area contributed by atoms with Crippen molar-refractivity contribution in [2.24, 2.45) is 0 Å². The van der Waals surface area contributed by atoms with Gasteiger partial charge in [-0.05, 0) is 43.2 Å². The Bertz CT molecular complexity index is 966. The summed E-state index contributed by atoms with van der Waals surface area (Å²) in [6, 6.07) is 11.2. The fourth-order valence-corrected chi connectivity index (χ4v) is 5.14. The van der Waals surface area contributed by atoms with Crippen LogP contribution in [0.1, 0.15) is 17.5 Å². The van der Waals surface area contributed by atoms with Gasteiger partial charge in [0.15, 0.2) is 11.5 Å². The second-order valence-corrected chi connectivity index (χ2v) is 9.21. The Morgan fingerprint density at radius 1 is 0.893 bits per heavy atom. The van der Waals surface area contributed by atoms with Gasteiger partial charge in [-0.1, -0.05) is 12.1 Å². The van der Waals surface area contributed by atoms with Crippen molar-refractivity contribution in [3.05, 3.63) is 47.5 Å². The molecule has 0 spiro atoms. The number of aryl methyl sites for hydroxylation is 1. The molecule has 0 amide bonds. The van der Waals surface area contributed by atoms with E-state index in [4.69, 9.17) is 9.47 Å². The fourth-order valence-electron chi connectivity index (χ4n) is 3.70. The summed E-state index contributed by atoms with van der Waals surface area (Å²) in [5.41, 5.74) is 3.69. The smallest absolute Gasteiger partial charge is 0.243 e. The molecule has 0 radical (unpaired) electrons. The van der Waals surface area contributed by atoms with Crippen LogP contribution >= 0.6 is 0 Å². The number of sulfonamides is 1. The van der Waals surface area contributed by atoms with Gasteiger partial charge in [-0.15, -0.1) is 0 Å². The van der Waals surface area contributed by atoms with Crippen molar-refractivity contribution in [3.8, 4) is 11.5 Å². The number of ether oxygens (including phenoxy) is 2. The lowest BCUT2D eigenvalue weighted by molar-refractivity contribution is 0.296. The minimum Gasteiger partial charge on any atom is -0.490 e. The van der Waals surface area contributed by atoms with E-state index in [0.717, 1.165) is 6.42 Å². The summed E-state index contributed by atoms with van der Waals surface area (Å²) in [5.74, 6) is 1.11. The molecule has 150 valence electrons. The molecule has 0 unspecified atom stereocenters. The molecule has 2 heterocycles. The van der Waals surface area contributed by atoms with E-state index < -0.39 is 10.0 Å². The van der Waals surface area contributed by atoms with E-state index >= 15 is 0 Å². The Kier molecular flexibility index (Phi) is 5.21. The summed E-state index contributed by atoms with van der Waals surface area (Å²) in [6.07, 6.45) is 0.789. The van der Waals surface area contributed by atoms with Gasteiger partial charge in [-0.3, -0.25) is 0 Å². The maximum atomic E-state index is 13.1. The van der Waals surface area contributed by atoms with E-state index in [1.165, 1.54) is 16.8 Å². The van der Waals surface area contributed by atoms with Gasteiger partial charge < -0.3 is 14.4 Å². The Balaban J connectivity index is 1.51. The first kappa shape index (κ1) is 19.1. The lowest BCUT2D eigenvalue weighted by Crippen LogP contribution is -2.48. The van der Waals surface area contributed by atoms with Gasteiger partial charge in [-0.25, -0.2) is 8.42 Å². The Labute approximate surface area is 166 Å². The van der Waals surface area contributed by atoms with Crippen LogP contribution in [-0.4, -0.2) is 52.1 Å². The molecule has 0 aliphatic carbocycles. The molecule has 0 N–H and O–H groups in total. The molecule has 0 atom stereocenters. The number of hydrogen-bond donors (Lipinski definition) is 0. The zero-order chi connectivity index (χ0) is 19.7. The van der Waals surface area contributed by atoms with Gasteiger partial charge in [-0.2, -0.15) is 4.31 Å². The molecule has 4 rings (SSSR count). The third-order valence-electron chi connectivity index (χ3n) is 5.51. The standard InChI is InChI=1S/C21H26N2O4S/c1-16-5-3-6-19(17(16)2)22-9-11-23(12-10-22)28(24,25)18-7-8-20-21(15-18)27-14-4-13-26-20/h3,5-8,15H,4,9-14H2,1-2H3. The molecule has 7 heteroatoms. The molecular formula is C21H26N2O4S. The summed E-state index contributed by atoms with van der Waals surface area (Å²) in [7, 11) is -3.56. The number of piperazine rings is 1. The van der Waals surface area contributed by atoms with Crippen LogP contribution in [0.2, 0.25) is 0 Å². The monoisotopic (exact) mass is 402 g/mol. The first-order valence-electron chi connectivity index (χ1n) is 9.68. The van der Waals surface area contributed by atoms with Crippen molar-refractivity contribution in [1.82, 2.24) is 4.31 Å². The van der Waals surface area contributed by atoms with Crippen molar-refractivity contribution >= 4 is 15.7 Å². The van der Waals surface area contributed by atoms with Gasteiger partial charge in [0.05, 0.1) is 18.1 Å². The van der Waals surface area contributed by atoms with Crippen LogP contribution < -0.4 is 14.4 Å². The highest BCUT2D eigenvalue weighted by Gasteiger charge is 2.30. The summed E-state index contributed by atoms with van der Waals surface area (Å²) in [6.45, 7) is 7.61. The zero-order valence-corrected chi connectivity index (χ0v) is 17.2. The average Bonchev–Trinajstić information content (AvgIpc) is 2.95. The predicted molar refractivity (Wildman–Crippen MR) is 109 cm³/mol. The average molecular weight is 403 g/mol. The highest BCUT2D eigenvalue weighted by molar-refractivity contribution is 7.89. The summed E-state index contributed by atoms with van der Waals surface area (Å²) in [5, 5.41) is 0. The quantitative estimate of drug-likeness (QED) is 0.790. The number of nitrogens with zero attached hydrogens (tertiary/aromatic N) is 2. The molecule has 2 aromatic rings. The molecule has 2 aromatic carbocycles. The van der Waals surface area contributed by atoms with E-state index in [1.807, 2.05) is 0 Å². The Morgan fingerprint density at radius 2 is 1.61 bits per heavy atom. The van der Waals surface area contributed by atoms with Gasteiger partial charge in [0.2, 0.25) is 10.0 Å². The highest BCUT2D eigenvalue weighted by Crippen LogP contribution is 2.33. The van der Waals surface area contributed by atoms with Crippen LogP contribution in [0.5, 0.6) is 11.5 Å². The molecular weight excluding hydrogens is 376 g/mol. The SMILES string of the molecule is Cc1cccc(N2CCN(S(=O)(=O)c3ccc4c(c3)OCCCO4)CC2)c1C. The third-order valence-corrected chi connectivity index (χ3v) is 7.41. The van der Waals surface area contributed by atoms with Crippen molar-refractivity contribution in [1.29, 1.82) is 0 Å². The van der Waals surface area contributed by atoms with Crippen molar-refractivity contribution < 1.29 is 17.9 Å². The number of hydrogen-bond acceptors (Lipinski definition) is 5. The number of anilines is 1. The fraction of sp³-hybridized carbons (Fsp3) is 0.429. The van der Waals surface area contributed by atoms with Crippen LogP contribution in [0.15, 0.2) is 41.3 Å². The van der Waals surface area contributed by atoms with Gasteiger partial charge in [0, 0.05) is 44.4 Å². The van der Waals surface area contributed by atoms with Crippen molar-refractivity contribution in [2.75, 3.05) is 44.3 Å². The molecule has 1 saturated heterocycles. The highest BCUT2D eigenvalue weighted by atomic mass is 32.2. The number of fused-ring (bicyclic) bond motifs is 1. The lowest BCUT2D eigenvalue weighted by atomic mass is 10.1. The van der Waals surface area contributed by atoms with Crippen LogP contribution in [0.3, 0.4) is 0 Å². The molecule has 0 bridgehead atoms. The van der Waals surface area contributed by atoms with Gasteiger partial charge in [0.1, 0.15) is 0 Å². The predicted octanol–water partition coefficient (Wildman–Crippen LogP) is 2.98. The third kappa shape index (κ3) is 3.56. The Hall–Kier alpha value is -2.25. The van der Waals surface area contributed by atoms with E-state index in [0.29, 0.717) is 50.9 Å². The molecule has 6 nitrogen and oxygen atoms in total. The molecule has 0 saturated carbocycles. The van der Waals surface area contributed by atoms with Crippen molar-refractivity contribution in [2.45, 2.75) is 25.2 Å². The second-order valence-electron chi connectivity index (χ2n) is 7.27. The first-order chi connectivity index (χ1) is 13.5. The van der Waals surface area contributed by atoms with Gasteiger partial charge in [0.25, 0.3) is 0 Å². The molecule has 0 aromatic heterocycles. The van der Waals surface area contributed by atoms with Gasteiger partial charge >= 0.3 is 0 Å². The number of rotatable bonds is 3. The molecule has 1 fully saturated rings. The minimum atomic E-state index is -3.56. The Morgan fingerprint density at radius 3 is 2.36 bits per heavy atom.